The maximum Gasteiger partial charge on any atom is 0.240 e. The Hall–Kier alpha value is -0.280. The van der Waals surface area contributed by atoms with Crippen LogP contribution in [-0.4, -0.2) is 42.5 Å². The number of hydrogen-bond acceptors (Lipinski definition) is 2. The van der Waals surface area contributed by atoms with E-state index in [1.807, 2.05) is 18.7 Å². The normalized spacial score (nSPS) is 25.0. The Bertz CT molecular complexity index is 268. The molecule has 2 atom stereocenters. The zero-order valence-electron chi connectivity index (χ0n) is 11.3. The summed E-state index contributed by atoms with van der Waals surface area (Å²) in [6, 6.07) is 0. The van der Waals surface area contributed by atoms with Crippen LogP contribution in [0.15, 0.2) is 0 Å². The van der Waals surface area contributed by atoms with E-state index in [4.69, 9.17) is 16.3 Å². The molecule has 1 aliphatic heterocycles. The molecule has 0 aromatic heterocycles. The van der Waals surface area contributed by atoms with Crippen LogP contribution in [0.3, 0.4) is 0 Å². The van der Waals surface area contributed by atoms with Gasteiger partial charge in [-0.15, -0.1) is 11.6 Å². The van der Waals surface area contributed by atoms with Gasteiger partial charge in [-0.3, -0.25) is 4.79 Å². The van der Waals surface area contributed by atoms with Crippen molar-refractivity contribution in [2.24, 2.45) is 11.3 Å². The number of carbonyl (C=O) groups excluding carboxylic acids is 1. The van der Waals surface area contributed by atoms with Gasteiger partial charge >= 0.3 is 0 Å². The molecule has 17 heavy (non-hydrogen) atoms. The molecule has 1 fully saturated rings. The van der Waals surface area contributed by atoms with Gasteiger partial charge in [0.05, 0.1) is 6.61 Å². The van der Waals surface area contributed by atoms with Crippen LogP contribution in [0.2, 0.25) is 0 Å². The summed E-state index contributed by atoms with van der Waals surface area (Å²) >= 11 is 6.02. The van der Waals surface area contributed by atoms with Crippen molar-refractivity contribution in [3.8, 4) is 0 Å². The first-order valence-electron chi connectivity index (χ1n) is 6.43. The molecule has 3 nitrogen and oxygen atoms in total. The summed E-state index contributed by atoms with van der Waals surface area (Å²) in [4.78, 5) is 13.9. The molecule has 1 aliphatic rings. The summed E-state index contributed by atoms with van der Waals surface area (Å²) in [5.74, 6) is 0.480. The predicted molar refractivity (Wildman–Crippen MR) is 70.3 cm³/mol. The lowest BCUT2D eigenvalue weighted by Gasteiger charge is -2.24. The number of amides is 1. The summed E-state index contributed by atoms with van der Waals surface area (Å²) in [6.45, 7) is 11.3. The van der Waals surface area contributed by atoms with Crippen LogP contribution in [0, 0.1) is 11.3 Å². The van der Waals surface area contributed by atoms with Gasteiger partial charge in [0.2, 0.25) is 5.91 Å². The highest BCUT2D eigenvalue weighted by atomic mass is 35.5. The molecule has 0 radical (unpaired) electrons. The molecule has 0 N–H and O–H groups in total. The van der Waals surface area contributed by atoms with Crippen LogP contribution in [0.1, 0.15) is 34.1 Å². The number of carbonyl (C=O) groups is 1. The largest absolute Gasteiger partial charge is 0.381 e. The number of hydrogen-bond donors (Lipinski definition) is 0. The molecule has 1 heterocycles. The van der Waals surface area contributed by atoms with E-state index in [9.17, 15) is 4.79 Å². The second-order valence-corrected chi connectivity index (χ2v) is 5.97. The van der Waals surface area contributed by atoms with Gasteiger partial charge in [0.1, 0.15) is 5.38 Å². The quantitative estimate of drug-likeness (QED) is 0.712. The summed E-state index contributed by atoms with van der Waals surface area (Å²) in [5, 5.41) is -0.378. The second-order valence-electron chi connectivity index (χ2n) is 5.44. The van der Waals surface area contributed by atoms with Crippen LogP contribution >= 0.6 is 11.6 Å². The van der Waals surface area contributed by atoms with Crippen LogP contribution in [0.25, 0.3) is 0 Å². The van der Waals surface area contributed by atoms with Gasteiger partial charge in [-0.25, -0.2) is 0 Å². The molecular formula is C13H24ClNO2. The molecule has 0 bridgehead atoms. The highest BCUT2D eigenvalue weighted by Gasteiger charge is 2.42. The number of nitrogens with zero attached hydrogens (tertiary/aromatic N) is 1. The third-order valence-corrected chi connectivity index (χ3v) is 4.10. The highest BCUT2D eigenvalue weighted by molar-refractivity contribution is 6.30. The van der Waals surface area contributed by atoms with E-state index >= 15 is 0 Å². The lowest BCUT2D eigenvalue weighted by atomic mass is 9.83. The van der Waals surface area contributed by atoms with Gasteiger partial charge < -0.3 is 9.64 Å². The molecule has 0 aromatic carbocycles. The Morgan fingerprint density at radius 2 is 2.18 bits per heavy atom. The topological polar surface area (TPSA) is 29.5 Å². The van der Waals surface area contributed by atoms with E-state index in [-0.39, 0.29) is 16.7 Å². The van der Waals surface area contributed by atoms with Crippen LogP contribution < -0.4 is 0 Å². The Balaban J connectivity index is 2.60. The van der Waals surface area contributed by atoms with Gasteiger partial charge in [0.25, 0.3) is 0 Å². The molecule has 0 aromatic rings. The fourth-order valence-electron chi connectivity index (χ4n) is 2.28. The smallest absolute Gasteiger partial charge is 0.240 e. The molecule has 4 heteroatoms. The predicted octanol–water partition coefficient (Wildman–Crippen LogP) is 2.52. The van der Waals surface area contributed by atoms with E-state index in [0.29, 0.717) is 12.3 Å². The highest BCUT2D eigenvalue weighted by Crippen LogP contribution is 2.36. The van der Waals surface area contributed by atoms with Crippen LogP contribution in [0.4, 0.5) is 0 Å². The minimum Gasteiger partial charge on any atom is -0.381 e. The lowest BCUT2D eigenvalue weighted by molar-refractivity contribution is -0.130. The van der Waals surface area contributed by atoms with Crippen molar-refractivity contribution in [1.29, 1.82) is 0 Å². The number of ether oxygens (including phenoxy) is 1. The minimum atomic E-state index is -0.378. The summed E-state index contributed by atoms with van der Waals surface area (Å²) in [7, 11) is 0. The van der Waals surface area contributed by atoms with Gasteiger partial charge in [0.15, 0.2) is 0 Å². The van der Waals surface area contributed by atoms with Crippen molar-refractivity contribution in [3.05, 3.63) is 0 Å². The summed E-state index contributed by atoms with van der Waals surface area (Å²) < 4.78 is 5.50. The molecule has 1 saturated heterocycles. The zero-order chi connectivity index (χ0) is 13.1. The van der Waals surface area contributed by atoms with E-state index in [1.54, 1.807) is 0 Å². The fraction of sp³-hybridized carbons (Fsp3) is 0.923. The first kappa shape index (κ1) is 14.8. The maximum absolute atomic E-state index is 12.0. The van der Waals surface area contributed by atoms with Gasteiger partial charge in [-0.2, -0.15) is 0 Å². The average molecular weight is 262 g/mol. The second kappa shape index (κ2) is 6.05. The number of alkyl halides is 1. The first-order chi connectivity index (χ1) is 7.92. The molecule has 1 rings (SSSR count). The third-order valence-electron chi connectivity index (χ3n) is 3.61. The van der Waals surface area contributed by atoms with Gasteiger partial charge in [-0.1, -0.05) is 20.8 Å². The lowest BCUT2D eigenvalue weighted by Crippen LogP contribution is -2.35. The molecule has 0 spiro atoms. The van der Waals surface area contributed by atoms with Crippen molar-refractivity contribution < 1.29 is 9.53 Å². The fourth-order valence-corrected chi connectivity index (χ4v) is 2.42. The van der Waals surface area contributed by atoms with Gasteiger partial charge in [0, 0.05) is 25.6 Å². The first-order valence-corrected chi connectivity index (χ1v) is 6.86. The van der Waals surface area contributed by atoms with Crippen molar-refractivity contribution >= 4 is 17.5 Å². The van der Waals surface area contributed by atoms with Crippen molar-refractivity contribution in [3.63, 3.8) is 0 Å². The van der Waals surface area contributed by atoms with E-state index < -0.39 is 0 Å². The van der Waals surface area contributed by atoms with Crippen molar-refractivity contribution in [2.45, 2.75) is 39.5 Å². The molecule has 100 valence electrons. The molecule has 0 unspecified atom stereocenters. The number of likely N-dealkylation sites (tertiary alicyclic amines) is 1. The van der Waals surface area contributed by atoms with Crippen molar-refractivity contribution in [1.82, 2.24) is 4.90 Å². The number of halogens is 1. The standard InChI is InChI=1S/C13H24ClNO2/c1-5-11(14)12(16)15-7-10(8-17-6-2)13(3,4)9-15/h10-11H,5-9H2,1-4H3/t10-,11+/m1/s1. The zero-order valence-corrected chi connectivity index (χ0v) is 12.1. The van der Waals surface area contributed by atoms with E-state index in [2.05, 4.69) is 13.8 Å². The Kier molecular flexibility index (Phi) is 5.26. The number of rotatable bonds is 5. The monoisotopic (exact) mass is 261 g/mol. The summed E-state index contributed by atoms with van der Waals surface area (Å²) in [5.41, 5.74) is 0.120. The SMILES string of the molecule is CCOC[C@H]1CN(C(=O)[C@@H](Cl)CC)CC1(C)C. The molecule has 0 aliphatic carbocycles. The molecule has 1 amide bonds. The molecular weight excluding hydrogens is 238 g/mol. The maximum atomic E-state index is 12.0. The van der Waals surface area contributed by atoms with E-state index in [1.165, 1.54) is 0 Å². The Morgan fingerprint density at radius 3 is 2.71 bits per heavy atom. The van der Waals surface area contributed by atoms with Crippen molar-refractivity contribution in [2.75, 3.05) is 26.3 Å². The minimum absolute atomic E-state index is 0.0706. The van der Waals surface area contributed by atoms with Crippen LogP contribution in [-0.2, 0) is 9.53 Å². The summed E-state index contributed by atoms with van der Waals surface area (Å²) in [6.07, 6.45) is 0.688. The Labute approximate surface area is 109 Å². The Morgan fingerprint density at radius 1 is 1.53 bits per heavy atom. The van der Waals surface area contributed by atoms with Gasteiger partial charge in [-0.05, 0) is 18.8 Å². The van der Waals surface area contributed by atoms with Crippen LogP contribution in [0.5, 0.6) is 0 Å². The van der Waals surface area contributed by atoms with E-state index in [0.717, 1.165) is 26.3 Å². The average Bonchev–Trinajstić information content (AvgIpc) is 2.59. The third kappa shape index (κ3) is 3.59. The molecule has 0 saturated carbocycles.